The summed E-state index contributed by atoms with van der Waals surface area (Å²) >= 11 is 8.62. The second-order valence-electron chi connectivity index (χ2n) is 2.63. The lowest BCUT2D eigenvalue weighted by atomic mass is 10.3. The fourth-order valence-corrected chi connectivity index (χ4v) is 1.40. The van der Waals surface area contributed by atoms with Crippen LogP contribution < -0.4 is 5.73 Å². The highest BCUT2D eigenvalue weighted by Crippen LogP contribution is 2.29. The maximum atomic E-state index is 10.4. The molecule has 0 heterocycles. The van der Waals surface area contributed by atoms with Gasteiger partial charge < -0.3 is 5.73 Å². The van der Waals surface area contributed by atoms with Crippen LogP contribution in [0.15, 0.2) is 27.7 Å². The summed E-state index contributed by atoms with van der Waals surface area (Å²) in [6, 6.07) is 4.22. The Kier molecular flexibility index (Phi) is 4.05. The van der Waals surface area contributed by atoms with Gasteiger partial charge in [0.1, 0.15) is 5.84 Å². The number of halogens is 2. The molecule has 0 saturated carbocycles. The summed E-state index contributed by atoms with van der Waals surface area (Å²) in [5.74, 6) is 0.370. The fourth-order valence-electron chi connectivity index (χ4n) is 0.885. The second-order valence-corrected chi connectivity index (χ2v) is 3.75. The molecule has 0 amide bonds. The van der Waals surface area contributed by atoms with E-state index in [9.17, 15) is 10.1 Å². The average molecular weight is 293 g/mol. The number of non-ortho nitro benzene ring substituents is 1. The molecule has 0 aromatic heterocycles. The van der Waals surface area contributed by atoms with Crippen molar-refractivity contribution in [1.29, 1.82) is 0 Å². The van der Waals surface area contributed by atoms with E-state index in [0.29, 0.717) is 10.2 Å². The number of nitrogens with two attached hydrogens (primary N) is 1. The van der Waals surface area contributed by atoms with Crippen molar-refractivity contribution in [1.82, 2.24) is 0 Å². The summed E-state index contributed by atoms with van der Waals surface area (Å²) in [6.07, 6.45) is 0. The highest BCUT2D eigenvalue weighted by atomic mass is 79.9. The molecule has 1 rings (SSSR count). The molecular weight excluding hydrogens is 285 g/mol. The van der Waals surface area contributed by atoms with E-state index in [1.807, 2.05) is 0 Å². The molecule has 0 aliphatic carbocycles. The van der Waals surface area contributed by atoms with Gasteiger partial charge in [-0.05, 0) is 22.0 Å². The Labute approximate surface area is 99.2 Å². The molecule has 0 saturated heterocycles. The molecule has 0 radical (unpaired) electrons. The molecule has 0 fully saturated rings. The predicted molar refractivity (Wildman–Crippen MR) is 62.8 cm³/mol. The summed E-state index contributed by atoms with van der Waals surface area (Å²) in [5, 5.41) is 10.4. The molecule has 7 heteroatoms. The quantitative estimate of drug-likeness (QED) is 0.306. The maximum absolute atomic E-state index is 10.4. The van der Waals surface area contributed by atoms with E-state index >= 15 is 0 Å². The summed E-state index contributed by atoms with van der Waals surface area (Å²) in [5.41, 5.74) is 5.94. The molecule has 1 aromatic carbocycles. The largest absolute Gasteiger partial charge is 0.386 e. The van der Waals surface area contributed by atoms with Crippen molar-refractivity contribution in [3.63, 3.8) is 0 Å². The van der Waals surface area contributed by atoms with E-state index < -0.39 is 4.92 Å². The van der Waals surface area contributed by atoms with Crippen LogP contribution in [-0.4, -0.2) is 16.6 Å². The first kappa shape index (κ1) is 11.9. The van der Waals surface area contributed by atoms with Gasteiger partial charge >= 0.3 is 0 Å². The first-order valence-electron chi connectivity index (χ1n) is 3.87. The van der Waals surface area contributed by atoms with Gasteiger partial charge in [0, 0.05) is 12.1 Å². The van der Waals surface area contributed by atoms with Crippen molar-refractivity contribution in [3.05, 3.63) is 32.8 Å². The lowest BCUT2D eigenvalue weighted by Gasteiger charge is -1.99. The predicted octanol–water partition coefficient (Wildman–Crippen LogP) is 2.58. The lowest BCUT2D eigenvalue weighted by Crippen LogP contribution is -2.12. The molecule has 5 nitrogen and oxygen atoms in total. The number of nitrogens with zero attached hydrogens (tertiary/aromatic N) is 2. The van der Waals surface area contributed by atoms with Crippen LogP contribution in [0.4, 0.5) is 11.4 Å². The number of nitro benzene ring substituents is 1. The van der Waals surface area contributed by atoms with Crippen LogP contribution in [0.25, 0.3) is 0 Å². The summed E-state index contributed by atoms with van der Waals surface area (Å²) in [7, 11) is 0. The van der Waals surface area contributed by atoms with E-state index in [0.717, 1.165) is 0 Å². The van der Waals surface area contributed by atoms with E-state index in [1.165, 1.54) is 18.2 Å². The topological polar surface area (TPSA) is 81.5 Å². The van der Waals surface area contributed by atoms with Crippen LogP contribution in [0, 0.1) is 10.1 Å². The minimum absolute atomic E-state index is 0.00901. The number of alkyl halides is 1. The molecular formula is C8H7BrClN3O2. The number of amidine groups is 1. The molecule has 0 atom stereocenters. The molecule has 0 spiro atoms. The minimum Gasteiger partial charge on any atom is -0.386 e. The number of rotatable bonds is 3. The van der Waals surface area contributed by atoms with Crippen molar-refractivity contribution in [2.75, 3.05) is 5.88 Å². The lowest BCUT2D eigenvalue weighted by molar-refractivity contribution is -0.384. The molecule has 1 aromatic rings. The third kappa shape index (κ3) is 3.17. The van der Waals surface area contributed by atoms with Crippen LogP contribution in [-0.2, 0) is 0 Å². The Balaban J connectivity index is 3.09. The van der Waals surface area contributed by atoms with Crippen LogP contribution in [0.1, 0.15) is 0 Å². The molecule has 0 bridgehead atoms. The zero-order valence-corrected chi connectivity index (χ0v) is 9.83. The monoisotopic (exact) mass is 291 g/mol. The van der Waals surface area contributed by atoms with Crippen molar-refractivity contribution in [3.8, 4) is 0 Å². The molecule has 80 valence electrons. The third-order valence-corrected chi connectivity index (χ3v) is 2.45. The maximum Gasteiger partial charge on any atom is 0.270 e. The Morgan fingerprint density at radius 1 is 1.67 bits per heavy atom. The fraction of sp³-hybridized carbons (Fsp3) is 0.125. The van der Waals surface area contributed by atoms with E-state index in [-0.39, 0.29) is 17.4 Å². The average Bonchev–Trinajstić information content (AvgIpc) is 2.20. The second kappa shape index (κ2) is 5.09. The molecule has 0 aliphatic heterocycles. The van der Waals surface area contributed by atoms with Crippen molar-refractivity contribution < 1.29 is 4.92 Å². The standard InChI is InChI=1S/C8H7BrClN3O2/c9-6-3-5(13(14)15)1-2-7(6)12-8(11)4-10/h1-3H,4H2,(H2,11,12). The van der Waals surface area contributed by atoms with Crippen molar-refractivity contribution in [2.45, 2.75) is 0 Å². The number of aliphatic imine (C=N–C) groups is 1. The van der Waals surface area contributed by atoms with Gasteiger partial charge in [-0.25, -0.2) is 4.99 Å². The highest BCUT2D eigenvalue weighted by Gasteiger charge is 2.08. The molecule has 15 heavy (non-hydrogen) atoms. The number of benzene rings is 1. The Morgan fingerprint density at radius 2 is 2.33 bits per heavy atom. The Morgan fingerprint density at radius 3 is 2.80 bits per heavy atom. The smallest absolute Gasteiger partial charge is 0.270 e. The van der Waals surface area contributed by atoms with Crippen LogP contribution in [0.3, 0.4) is 0 Å². The molecule has 0 unspecified atom stereocenters. The van der Waals surface area contributed by atoms with E-state index in [2.05, 4.69) is 20.9 Å². The van der Waals surface area contributed by atoms with Crippen LogP contribution in [0.5, 0.6) is 0 Å². The summed E-state index contributed by atoms with van der Waals surface area (Å²) in [6.45, 7) is 0. The normalized spacial score (nSPS) is 11.5. The van der Waals surface area contributed by atoms with E-state index in [4.69, 9.17) is 17.3 Å². The zero-order chi connectivity index (χ0) is 11.4. The van der Waals surface area contributed by atoms with Gasteiger partial charge in [-0.3, -0.25) is 10.1 Å². The van der Waals surface area contributed by atoms with Gasteiger partial charge in [-0.15, -0.1) is 11.6 Å². The van der Waals surface area contributed by atoms with Gasteiger partial charge in [0.25, 0.3) is 5.69 Å². The molecule has 2 N–H and O–H groups in total. The Bertz CT molecular complexity index is 422. The first-order chi connectivity index (χ1) is 7.04. The number of nitro groups is 1. The van der Waals surface area contributed by atoms with Gasteiger partial charge in [0.05, 0.1) is 21.0 Å². The van der Waals surface area contributed by atoms with Crippen molar-refractivity contribution in [2.24, 2.45) is 10.7 Å². The van der Waals surface area contributed by atoms with Gasteiger partial charge in [0.2, 0.25) is 0 Å². The van der Waals surface area contributed by atoms with E-state index in [1.54, 1.807) is 0 Å². The van der Waals surface area contributed by atoms with Gasteiger partial charge in [-0.1, -0.05) is 0 Å². The minimum atomic E-state index is -0.483. The zero-order valence-electron chi connectivity index (χ0n) is 7.48. The van der Waals surface area contributed by atoms with Crippen molar-refractivity contribution >= 4 is 44.7 Å². The van der Waals surface area contributed by atoms with Crippen LogP contribution in [0.2, 0.25) is 0 Å². The highest BCUT2D eigenvalue weighted by molar-refractivity contribution is 9.10. The number of hydrogen-bond donors (Lipinski definition) is 1. The van der Waals surface area contributed by atoms with Crippen LogP contribution >= 0.6 is 27.5 Å². The Hall–Kier alpha value is -1.14. The summed E-state index contributed by atoms with van der Waals surface area (Å²) in [4.78, 5) is 13.9. The third-order valence-electron chi connectivity index (χ3n) is 1.54. The molecule has 0 aliphatic rings. The SMILES string of the molecule is NC(CCl)=Nc1ccc([N+](=O)[O-])cc1Br. The van der Waals surface area contributed by atoms with Gasteiger partial charge in [-0.2, -0.15) is 0 Å². The number of hydrogen-bond acceptors (Lipinski definition) is 3. The summed E-state index contributed by atoms with van der Waals surface area (Å²) < 4.78 is 0.504. The first-order valence-corrected chi connectivity index (χ1v) is 5.20. The van der Waals surface area contributed by atoms with Gasteiger partial charge in [0.15, 0.2) is 0 Å².